The zero-order valence-electron chi connectivity index (χ0n) is 13.9. The van der Waals surface area contributed by atoms with Gasteiger partial charge in [0, 0.05) is 5.69 Å². The highest BCUT2D eigenvalue weighted by Gasteiger charge is 2.32. The van der Waals surface area contributed by atoms with Crippen LogP contribution in [0.2, 0.25) is 0 Å². The second kappa shape index (κ2) is 7.07. The van der Waals surface area contributed by atoms with Crippen molar-refractivity contribution in [1.82, 2.24) is 0 Å². The Hall–Kier alpha value is -1.65. The van der Waals surface area contributed by atoms with Crippen LogP contribution >= 0.6 is 0 Å². The summed E-state index contributed by atoms with van der Waals surface area (Å²) in [7, 11) is 0. The van der Waals surface area contributed by atoms with Gasteiger partial charge in [0.25, 0.3) is 5.91 Å². The van der Waals surface area contributed by atoms with Gasteiger partial charge in [-0.3, -0.25) is 4.79 Å². The Labute approximate surface area is 133 Å². The number of hydrogen-bond donors (Lipinski definition) is 1. The standard InChI is InChI=1S/C18H26N2O2/c1-5-6-20(7-9-22-10-8-20)13-17(21)19-18-15(3)11-14(2)12-16(18)4/h5,11-12H,1,6-10,13H2,2-4H3/p+1. The molecule has 1 aromatic carbocycles. The third kappa shape index (κ3) is 3.96. The fourth-order valence-corrected chi connectivity index (χ4v) is 3.27. The first-order chi connectivity index (χ1) is 10.5. The molecule has 4 nitrogen and oxygen atoms in total. The molecule has 0 atom stereocenters. The number of benzene rings is 1. The normalized spacial score (nSPS) is 17.0. The Morgan fingerprint density at radius 2 is 1.86 bits per heavy atom. The predicted octanol–water partition coefficient (Wildman–Crippen LogP) is 2.58. The lowest BCUT2D eigenvalue weighted by atomic mass is 10.1. The molecule has 0 bridgehead atoms. The summed E-state index contributed by atoms with van der Waals surface area (Å²) in [5.74, 6) is 0.0683. The van der Waals surface area contributed by atoms with E-state index in [1.165, 1.54) is 5.56 Å². The average Bonchev–Trinajstić information content (AvgIpc) is 2.44. The van der Waals surface area contributed by atoms with Gasteiger partial charge < -0.3 is 14.5 Å². The number of carbonyl (C=O) groups excluding carboxylic acids is 1. The second-order valence-corrected chi connectivity index (χ2v) is 6.35. The largest absolute Gasteiger partial charge is 0.370 e. The summed E-state index contributed by atoms with van der Waals surface area (Å²) in [4.78, 5) is 12.5. The zero-order chi connectivity index (χ0) is 16.2. The van der Waals surface area contributed by atoms with Crippen molar-refractivity contribution < 1.29 is 14.0 Å². The Bertz CT molecular complexity index is 537. The van der Waals surface area contributed by atoms with Crippen LogP contribution in [0, 0.1) is 20.8 Å². The maximum Gasteiger partial charge on any atom is 0.279 e. The monoisotopic (exact) mass is 303 g/mol. The van der Waals surface area contributed by atoms with E-state index in [-0.39, 0.29) is 5.91 Å². The van der Waals surface area contributed by atoms with Crippen LogP contribution in [0.5, 0.6) is 0 Å². The van der Waals surface area contributed by atoms with Crippen LogP contribution in [0.4, 0.5) is 5.69 Å². The summed E-state index contributed by atoms with van der Waals surface area (Å²) >= 11 is 0. The summed E-state index contributed by atoms with van der Waals surface area (Å²) in [6, 6.07) is 4.21. The lowest BCUT2D eigenvalue weighted by Crippen LogP contribution is -2.58. The van der Waals surface area contributed by atoms with Crippen LogP contribution in [0.25, 0.3) is 0 Å². The van der Waals surface area contributed by atoms with Crippen LogP contribution in [0.3, 0.4) is 0 Å². The van der Waals surface area contributed by atoms with Crippen LogP contribution in [-0.4, -0.2) is 49.8 Å². The van der Waals surface area contributed by atoms with E-state index in [0.717, 1.165) is 40.9 Å². The molecule has 2 rings (SSSR count). The SMILES string of the molecule is C=CC[N+]1(CC(=O)Nc2c(C)cc(C)cc2C)CCOCC1. The van der Waals surface area contributed by atoms with Crippen LogP contribution in [-0.2, 0) is 9.53 Å². The third-order valence-corrected chi connectivity index (χ3v) is 4.36. The average molecular weight is 303 g/mol. The fraction of sp³-hybridized carbons (Fsp3) is 0.500. The number of ether oxygens (including phenoxy) is 1. The van der Waals surface area contributed by atoms with Crippen molar-refractivity contribution in [3.63, 3.8) is 0 Å². The summed E-state index contributed by atoms with van der Waals surface area (Å²) in [6.45, 7) is 14.4. The predicted molar refractivity (Wildman–Crippen MR) is 90.0 cm³/mol. The van der Waals surface area contributed by atoms with Crippen LogP contribution < -0.4 is 5.32 Å². The third-order valence-electron chi connectivity index (χ3n) is 4.36. The number of aryl methyl sites for hydroxylation is 3. The van der Waals surface area contributed by atoms with Crippen LogP contribution in [0.1, 0.15) is 16.7 Å². The lowest BCUT2D eigenvalue weighted by molar-refractivity contribution is -0.922. The number of nitrogens with zero attached hydrogens (tertiary/aromatic N) is 1. The maximum absolute atomic E-state index is 12.5. The minimum atomic E-state index is 0.0683. The second-order valence-electron chi connectivity index (χ2n) is 6.35. The van der Waals surface area contributed by atoms with Gasteiger partial charge in [-0.15, -0.1) is 0 Å². The molecular formula is C18H27N2O2+. The Balaban J connectivity index is 2.10. The molecule has 4 heteroatoms. The van der Waals surface area contributed by atoms with Crippen molar-refractivity contribution in [2.75, 3.05) is 44.7 Å². The van der Waals surface area contributed by atoms with Gasteiger partial charge in [-0.25, -0.2) is 0 Å². The van der Waals surface area contributed by atoms with Crippen molar-refractivity contribution in [3.8, 4) is 0 Å². The van der Waals surface area contributed by atoms with Gasteiger partial charge in [-0.2, -0.15) is 0 Å². The van der Waals surface area contributed by atoms with Gasteiger partial charge in [0.2, 0.25) is 0 Å². The minimum Gasteiger partial charge on any atom is -0.370 e. The number of quaternary nitrogens is 1. The van der Waals surface area contributed by atoms with Gasteiger partial charge in [0.15, 0.2) is 6.54 Å². The molecule has 1 aromatic rings. The number of amides is 1. The topological polar surface area (TPSA) is 38.3 Å². The van der Waals surface area contributed by atoms with E-state index in [2.05, 4.69) is 31.0 Å². The van der Waals surface area contributed by atoms with Gasteiger partial charge in [-0.1, -0.05) is 24.3 Å². The van der Waals surface area contributed by atoms with E-state index in [9.17, 15) is 4.79 Å². The highest BCUT2D eigenvalue weighted by Crippen LogP contribution is 2.22. The molecule has 1 amide bonds. The van der Waals surface area contributed by atoms with Crippen molar-refractivity contribution in [2.24, 2.45) is 0 Å². The molecule has 1 aliphatic rings. The summed E-state index contributed by atoms with van der Waals surface area (Å²) < 4.78 is 6.18. The molecule has 0 spiro atoms. The number of carbonyl (C=O) groups is 1. The highest BCUT2D eigenvalue weighted by molar-refractivity contribution is 5.93. The Morgan fingerprint density at radius 1 is 1.27 bits per heavy atom. The molecule has 1 heterocycles. The van der Waals surface area contributed by atoms with E-state index in [1.54, 1.807) is 0 Å². The summed E-state index contributed by atoms with van der Waals surface area (Å²) in [5, 5.41) is 3.11. The molecule has 1 aliphatic heterocycles. The molecule has 0 aliphatic carbocycles. The van der Waals surface area contributed by atoms with E-state index in [0.29, 0.717) is 19.8 Å². The molecule has 0 saturated carbocycles. The molecule has 22 heavy (non-hydrogen) atoms. The molecule has 1 N–H and O–H groups in total. The number of nitrogens with one attached hydrogen (secondary N) is 1. The van der Waals surface area contributed by atoms with Gasteiger partial charge >= 0.3 is 0 Å². The van der Waals surface area contributed by atoms with E-state index < -0.39 is 0 Å². The number of anilines is 1. The number of rotatable bonds is 5. The van der Waals surface area contributed by atoms with Gasteiger partial charge in [0.1, 0.15) is 13.1 Å². The number of morpholine rings is 1. The maximum atomic E-state index is 12.5. The Kier molecular flexibility index (Phi) is 5.37. The summed E-state index contributed by atoms with van der Waals surface area (Å²) in [6.07, 6.45) is 1.90. The smallest absolute Gasteiger partial charge is 0.279 e. The van der Waals surface area contributed by atoms with Crippen molar-refractivity contribution in [2.45, 2.75) is 20.8 Å². The lowest BCUT2D eigenvalue weighted by Gasteiger charge is -2.39. The molecular weight excluding hydrogens is 276 g/mol. The molecule has 1 fully saturated rings. The molecule has 0 aromatic heterocycles. The quantitative estimate of drug-likeness (QED) is 0.671. The molecule has 0 unspecified atom stereocenters. The minimum absolute atomic E-state index is 0.0683. The van der Waals surface area contributed by atoms with Crippen molar-refractivity contribution in [3.05, 3.63) is 41.5 Å². The van der Waals surface area contributed by atoms with Crippen LogP contribution in [0.15, 0.2) is 24.8 Å². The molecule has 0 radical (unpaired) electrons. The number of hydrogen-bond acceptors (Lipinski definition) is 2. The first-order valence-electron chi connectivity index (χ1n) is 7.87. The summed E-state index contributed by atoms with van der Waals surface area (Å²) in [5.41, 5.74) is 4.39. The molecule has 120 valence electrons. The first-order valence-corrected chi connectivity index (χ1v) is 7.87. The van der Waals surface area contributed by atoms with Gasteiger partial charge in [-0.05, 0) is 38.0 Å². The zero-order valence-corrected chi connectivity index (χ0v) is 13.9. The molecule has 1 saturated heterocycles. The van der Waals surface area contributed by atoms with E-state index in [4.69, 9.17) is 4.74 Å². The first kappa shape index (κ1) is 16.7. The van der Waals surface area contributed by atoms with E-state index in [1.807, 2.05) is 19.9 Å². The Morgan fingerprint density at radius 3 is 2.41 bits per heavy atom. The fourth-order valence-electron chi connectivity index (χ4n) is 3.27. The van der Waals surface area contributed by atoms with Crippen molar-refractivity contribution in [1.29, 1.82) is 0 Å². The van der Waals surface area contributed by atoms with Gasteiger partial charge in [0.05, 0.1) is 19.8 Å². The highest BCUT2D eigenvalue weighted by atomic mass is 16.5. The van der Waals surface area contributed by atoms with E-state index >= 15 is 0 Å². The van der Waals surface area contributed by atoms with Crippen molar-refractivity contribution >= 4 is 11.6 Å².